The second kappa shape index (κ2) is 13.4. The van der Waals surface area contributed by atoms with Crippen LogP contribution < -0.4 is 10.6 Å². The highest BCUT2D eigenvalue weighted by Gasteiger charge is 2.29. The Morgan fingerprint density at radius 2 is 1.74 bits per heavy atom. The van der Waals surface area contributed by atoms with E-state index in [2.05, 4.69) is 62.7 Å². The molecule has 0 radical (unpaired) electrons. The highest BCUT2D eigenvalue weighted by Crippen LogP contribution is 2.38. The average Bonchev–Trinajstić information content (AvgIpc) is 3.52. The SMILES string of the molecule is CC(C)(C)N1CCC(n2cc([C@@H](Nc3cc(Cl)c4ncc(C#N)c(Nc5ccc(F)c(Cl)c5)c4c3)c3ccc(Cl)nc3Cl)nn2)CC1. The second-order valence-electron chi connectivity index (χ2n) is 12.4. The number of halogens is 5. The zero-order chi connectivity index (χ0) is 33.5. The predicted molar refractivity (Wildman–Crippen MR) is 186 cm³/mol. The van der Waals surface area contributed by atoms with Gasteiger partial charge < -0.3 is 10.6 Å². The summed E-state index contributed by atoms with van der Waals surface area (Å²) in [5.74, 6) is -0.555. The Labute approximate surface area is 291 Å². The molecular formula is C33H30Cl4FN9. The number of nitriles is 1. The van der Waals surface area contributed by atoms with Crippen LogP contribution in [0.3, 0.4) is 0 Å². The number of benzene rings is 2. The summed E-state index contributed by atoms with van der Waals surface area (Å²) < 4.78 is 15.8. The first kappa shape index (κ1) is 33.2. The third kappa shape index (κ3) is 7.10. The molecule has 1 aliphatic heterocycles. The minimum absolute atomic E-state index is 0.0589. The highest BCUT2D eigenvalue weighted by atomic mass is 35.5. The molecule has 14 heteroatoms. The number of rotatable bonds is 7. The van der Waals surface area contributed by atoms with Gasteiger partial charge in [0.15, 0.2) is 0 Å². The lowest BCUT2D eigenvalue weighted by Crippen LogP contribution is -2.46. The quantitative estimate of drug-likeness (QED) is 0.161. The Kier molecular flexibility index (Phi) is 9.47. The van der Waals surface area contributed by atoms with Crippen LogP contribution in [0.5, 0.6) is 0 Å². The van der Waals surface area contributed by atoms with E-state index < -0.39 is 11.9 Å². The minimum Gasteiger partial charge on any atom is -0.373 e. The highest BCUT2D eigenvalue weighted by molar-refractivity contribution is 6.36. The molecule has 3 aromatic heterocycles. The Bertz CT molecular complexity index is 2000. The molecule has 2 N–H and O–H groups in total. The van der Waals surface area contributed by atoms with Crippen LogP contribution in [0.1, 0.15) is 62.5 Å². The maximum absolute atomic E-state index is 13.9. The molecule has 4 heterocycles. The van der Waals surface area contributed by atoms with Crippen molar-refractivity contribution in [2.24, 2.45) is 0 Å². The number of aromatic nitrogens is 5. The van der Waals surface area contributed by atoms with Crippen molar-refractivity contribution in [2.45, 2.75) is 51.2 Å². The molecule has 6 rings (SSSR count). The van der Waals surface area contributed by atoms with E-state index in [1.54, 1.807) is 18.2 Å². The van der Waals surface area contributed by atoms with E-state index in [1.807, 2.05) is 16.9 Å². The van der Waals surface area contributed by atoms with E-state index in [9.17, 15) is 9.65 Å². The standard InChI is InChI=1S/C33H30Cl4FN9/c1-33(2,3)46-10-8-21(9-11-46)47-17-27(44-45-47)31(22-5-7-28(36)43-32(22)37)42-20-12-23-29(41-19-4-6-26(38)24(34)13-19)18(15-39)16-40-30(23)25(35)14-20/h4-7,12-14,16-17,21,31,42H,8-11H2,1-3H3,(H,40,41)/t31-/m0/s1. The van der Waals surface area contributed by atoms with Gasteiger partial charge in [-0.1, -0.05) is 57.7 Å². The molecule has 0 amide bonds. The average molecular weight is 713 g/mol. The molecule has 0 unspecified atom stereocenters. The third-order valence-electron chi connectivity index (χ3n) is 8.31. The third-order valence-corrected chi connectivity index (χ3v) is 9.40. The molecule has 1 aliphatic rings. The molecule has 0 spiro atoms. The number of piperidine rings is 1. The van der Waals surface area contributed by atoms with Crippen molar-refractivity contribution in [1.29, 1.82) is 5.26 Å². The van der Waals surface area contributed by atoms with Gasteiger partial charge in [-0.25, -0.2) is 14.1 Å². The molecule has 1 atom stereocenters. The molecule has 9 nitrogen and oxygen atoms in total. The van der Waals surface area contributed by atoms with Crippen LogP contribution in [0.4, 0.5) is 21.5 Å². The van der Waals surface area contributed by atoms with Gasteiger partial charge in [-0.15, -0.1) is 5.10 Å². The maximum atomic E-state index is 13.9. The zero-order valence-electron chi connectivity index (χ0n) is 25.7. The molecule has 5 aromatic rings. The fourth-order valence-electron chi connectivity index (χ4n) is 5.80. The van der Waals surface area contributed by atoms with Gasteiger partial charge in [0.25, 0.3) is 0 Å². The molecule has 0 aliphatic carbocycles. The van der Waals surface area contributed by atoms with E-state index in [0.717, 1.165) is 25.9 Å². The van der Waals surface area contributed by atoms with Gasteiger partial charge in [-0.3, -0.25) is 9.88 Å². The van der Waals surface area contributed by atoms with E-state index in [1.165, 1.54) is 24.4 Å². The number of anilines is 3. The smallest absolute Gasteiger partial charge is 0.141 e. The van der Waals surface area contributed by atoms with E-state index >= 15 is 0 Å². The van der Waals surface area contributed by atoms with Gasteiger partial charge in [0, 0.05) is 47.1 Å². The van der Waals surface area contributed by atoms with Crippen molar-refractivity contribution < 1.29 is 4.39 Å². The number of nitrogens with zero attached hydrogens (tertiary/aromatic N) is 7. The van der Waals surface area contributed by atoms with Crippen LogP contribution in [0.25, 0.3) is 10.9 Å². The van der Waals surface area contributed by atoms with E-state index in [0.29, 0.717) is 44.2 Å². The van der Waals surface area contributed by atoms with Crippen LogP contribution in [0.2, 0.25) is 20.4 Å². The predicted octanol–water partition coefficient (Wildman–Crippen LogP) is 9.23. The number of pyridine rings is 2. The van der Waals surface area contributed by atoms with Gasteiger partial charge in [-0.05, 0) is 70.0 Å². The lowest BCUT2D eigenvalue weighted by atomic mass is 9.98. The first-order valence-electron chi connectivity index (χ1n) is 14.9. The van der Waals surface area contributed by atoms with Crippen LogP contribution in [0, 0.1) is 17.1 Å². The summed E-state index contributed by atoms with van der Waals surface area (Å²) in [5, 5.41) is 27.0. The lowest BCUT2D eigenvalue weighted by molar-refractivity contribution is 0.0866. The van der Waals surface area contributed by atoms with Crippen molar-refractivity contribution in [3.8, 4) is 6.07 Å². The summed E-state index contributed by atoms with van der Waals surface area (Å²) in [6, 6.07) is 13.0. The normalized spacial score (nSPS) is 15.0. The number of fused-ring (bicyclic) bond motifs is 1. The van der Waals surface area contributed by atoms with Gasteiger partial charge in [0.2, 0.25) is 0 Å². The fourth-order valence-corrected chi connectivity index (χ4v) is 6.70. The molecule has 0 saturated carbocycles. The minimum atomic E-state index is -0.594. The van der Waals surface area contributed by atoms with Crippen LogP contribution in [-0.2, 0) is 0 Å². The molecule has 1 fully saturated rings. The van der Waals surface area contributed by atoms with E-state index in [-0.39, 0.29) is 32.5 Å². The molecule has 47 heavy (non-hydrogen) atoms. The van der Waals surface area contributed by atoms with Gasteiger partial charge in [0.05, 0.1) is 39.1 Å². The molecular weight excluding hydrogens is 683 g/mol. The summed E-state index contributed by atoms with van der Waals surface area (Å²) in [7, 11) is 0. The Morgan fingerprint density at radius 1 is 1.00 bits per heavy atom. The van der Waals surface area contributed by atoms with Crippen LogP contribution in [0.15, 0.2) is 54.9 Å². The van der Waals surface area contributed by atoms with Gasteiger partial charge in [0.1, 0.15) is 33.9 Å². The largest absolute Gasteiger partial charge is 0.373 e. The topological polar surface area (TPSA) is 108 Å². The summed E-state index contributed by atoms with van der Waals surface area (Å²) in [6.45, 7) is 8.62. The Hall–Kier alpha value is -3.72. The first-order valence-corrected chi connectivity index (χ1v) is 16.4. The Morgan fingerprint density at radius 3 is 2.43 bits per heavy atom. The molecule has 2 aromatic carbocycles. The summed E-state index contributed by atoms with van der Waals surface area (Å²) in [5.41, 5.74) is 3.58. The van der Waals surface area contributed by atoms with Crippen molar-refractivity contribution in [1.82, 2.24) is 29.9 Å². The van der Waals surface area contributed by atoms with Gasteiger partial charge >= 0.3 is 0 Å². The molecule has 242 valence electrons. The van der Waals surface area contributed by atoms with Crippen LogP contribution >= 0.6 is 46.4 Å². The number of likely N-dealkylation sites (tertiary alicyclic amines) is 1. The lowest BCUT2D eigenvalue weighted by Gasteiger charge is -2.40. The van der Waals surface area contributed by atoms with Crippen molar-refractivity contribution in [2.75, 3.05) is 23.7 Å². The van der Waals surface area contributed by atoms with Crippen molar-refractivity contribution >= 4 is 74.4 Å². The monoisotopic (exact) mass is 711 g/mol. The fraction of sp³-hybridized carbons (Fsp3) is 0.303. The summed E-state index contributed by atoms with van der Waals surface area (Å²) in [4.78, 5) is 11.2. The maximum Gasteiger partial charge on any atom is 0.141 e. The number of hydrogen-bond acceptors (Lipinski definition) is 8. The molecule has 1 saturated heterocycles. The number of hydrogen-bond donors (Lipinski definition) is 2. The molecule has 0 bridgehead atoms. The van der Waals surface area contributed by atoms with E-state index in [4.69, 9.17) is 46.4 Å². The van der Waals surface area contributed by atoms with Crippen molar-refractivity contribution in [3.63, 3.8) is 0 Å². The van der Waals surface area contributed by atoms with Crippen molar-refractivity contribution in [3.05, 3.63) is 97.8 Å². The first-order chi connectivity index (χ1) is 22.4. The zero-order valence-corrected chi connectivity index (χ0v) is 28.7. The Balaban J connectivity index is 1.38. The summed E-state index contributed by atoms with van der Waals surface area (Å²) in [6.07, 6.45) is 5.26. The number of nitrogens with one attached hydrogen (secondary N) is 2. The van der Waals surface area contributed by atoms with Gasteiger partial charge in [-0.2, -0.15) is 5.26 Å². The van der Waals surface area contributed by atoms with Crippen LogP contribution in [-0.4, -0.2) is 48.5 Å². The summed E-state index contributed by atoms with van der Waals surface area (Å²) >= 11 is 25.6. The second-order valence-corrected chi connectivity index (χ2v) is 13.9.